The summed E-state index contributed by atoms with van der Waals surface area (Å²) in [7, 11) is 0. The number of rotatable bonds is 10. The fraction of sp³-hybridized carbons (Fsp3) is 0.120. The summed E-state index contributed by atoms with van der Waals surface area (Å²) >= 11 is 6.98. The van der Waals surface area contributed by atoms with E-state index in [1.54, 1.807) is 45.3 Å². The van der Waals surface area contributed by atoms with E-state index in [0.717, 1.165) is 187 Å². The maximum Gasteiger partial charge on any atom is 0.179 e. The number of fused-ring (bicyclic) bond motifs is 33. The van der Waals surface area contributed by atoms with Crippen molar-refractivity contribution < 1.29 is 13.3 Å². The average Bonchev–Trinajstić information content (AvgIpc) is 1.55. The van der Waals surface area contributed by atoms with Crippen molar-refractivity contribution in [2.45, 2.75) is 91.4 Å². The molecule has 11 nitrogen and oxygen atoms in total. The van der Waals surface area contributed by atoms with E-state index < -0.39 is 0 Å². The molecule has 3 aliphatic carbocycles. The molecule has 0 aliphatic heterocycles. The third kappa shape index (κ3) is 12.3. The normalized spacial score (nSPS) is 15.0. The molecule has 2 unspecified atom stereocenters. The second-order valence-corrected chi connectivity index (χ2v) is 42.2. The molecule has 0 fully saturated rings. The zero-order chi connectivity index (χ0) is 92.6. The smallest absolute Gasteiger partial charge is 0.179 e. The van der Waals surface area contributed by atoms with Crippen LogP contribution in [0.3, 0.4) is 0 Å². The van der Waals surface area contributed by atoms with Crippen molar-refractivity contribution >= 4 is 204 Å². The predicted molar refractivity (Wildman–Crippen MR) is 588 cm³/mol. The number of para-hydroxylation sites is 1. The molecule has 0 saturated heterocycles. The van der Waals surface area contributed by atoms with Crippen LogP contribution in [0.15, 0.2) is 353 Å². The lowest BCUT2D eigenvalue weighted by Crippen LogP contribution is -2.27. The maximum atomic E-state index is 6.84. The van der Waals surface area contributed by atoms with Crippen molar-refractivity contribution in [2.75, 3.05) is 0 Å². The first-order chi connectivity index (χ1) is 68.3. The van der Waals surface area contributed by atoms with Gasteiger partial charge >= 0.3 is 0 Å². The minimum atomic E-state index is -0.160. The molecule has 3 aliphatic rings. The summed E-state index contributed by atoms with van der Waals surface area (Å²) in [5.41, 5.74) is 29.7. The Morgan fingerprint density at radius 1 is 0.307 bits per heavy atom. The van der Waals surface area contributed by atoms with Gasteiger partial charge in [0.1, 0.15) is 48.9 Å². The molecule has 16 aromatic carbocycles. The Morgan fingerprint density at radius 2 is 0.786 bits per heavy atom. The molecule has 0 bridgehead atoms. The van der Waals surface area contributed by atoms with Gasteiger partial charge in [-0.05, 0) is 201 Å². The molecular formula is C125H88N8O3S4. The van der Waals surface area contributed by atoms with Crippen molar-refractivity contribution in [1.82, 2.24) is 39.9 Å². The van der Waals surface area contributed by atoms with Crippen LogP contribution in [0.25, 0.3) is 259 Å². The summed E-state index contributed by atoms with van der Waals surface area (Å²) in [5, 5.41) is 17.0. The lowest BCUT2D eigenvalue weighted by Gasteiger charge is -2.31. The molecule has 0 radical (unpaired) electrons. The highest BCUT2D eigenvalue weighted by Gasteiger charge is 2.46. The Kier molecular flexibility index (Phi) is 19.0. The molecule has 0 amide bonds. The van der Waals surface area contributed by atoms with E-state index in [-0.39, 0.29) is 23.7 Å². The summed E-state index contributed by atoms with van der Waals surface area (Å²) in [4.78, 5) is 44.3. The van der Waals surface area contributed by atoms with Gasteiger partial charge in [0.15, 0.2) is 23.3 Å². The van der Waals surface area contributed by atoms with Gasteiger partial charge in [0.2, 0.25) is 0 Å². The van der Waals surface area contributed by atoms with E-state index in [4.69, 9.17) is 53.1 Å². The Morgan fingerprint density at radius 3 is 1.44 bits per heavy atom. The Labute approximate surface area is 821 Å². The van der Waals surface area contributed by atoms with Crippen LogP contribution in [0.4, 0.5) is 0 Å². The molecule has 670 valence electrons. The van der Waals surface area contributed by atoms with Gasteiger partial charge in [-0.1, -0.05) is 280 Å². The first-order valence-electron chi connectivity index (χ1n) is 47.8. The number of hydrogen-bond donors (Lipinski definition) is 0. The van der Waals surface area contributed by atoms with Crippen LogP contribution >= 0.6 is 45.3 Å². The van der Waals surface area contributed by atoms with Gasteiger partial charge in [-0.3, -0.25) is 0 Å². The number of hydrogen-bond acceptors (Lipinski definition) is 15. The molecule has 0 spiro atoms. The van der Waals surface area contributed by atoms with Crippen LogP contribution in [0, 0.1) is 5.92 Å². The van der Waals surface area contributed by atoms with E-state index >= 15 is 0 Å². The predicted octanol–water partition coefficient (Wildman–Crippen LogP) is 35.9. The van der Waals surface area contributed by atoms with Gasteiger partial charge in [0.05, 0.1) is 32.0 Å². The standard InChI is InChI=1S/C42H28N2OS.C41H28N4OS.C41H28N2OS2.CH4/c1-3-42(2)33-14-8-6-12-28(33)30-20-21-31-29-19-18-27(23-34(29)45-39(31)36(30)42)41-43-37(26-17-16-24-10-4-5-11-25(24)22-26)40-38(44-41)32-13-7-9-15-35(32)46-40;1-22(2)41(3)30-13-7-5-11-25(30)26-17-18-27-29-20-23(16-19-32(29)46-37(27)35(26)41)38-44-36(39-42-21-24-10-4-8-14-31(24)43-39)34-28-12-6-9-15-33(28)47-40(34)45-38;1-3-41(4-2)30-14-8-6-12-25(30)26-18-19-27-29-21-24(17-20-31(29)44-38(27)36(26)41)39-42-37(34-22-23-11-5-9-15-32(23)45-34)35-28-13-7-10-16-33(28)46-40(35)43-39;/h4-23H,3H2,1-2H3;4-22H,1-3H3;5-22H,3-4H2,1-2H3;1H4. The molecule has 2 atom stereocenters. The number of aromatic nitrogens is 8. The molecule has 27 aromatic rings. The third-order valence-corrected chi connectivity index (χ3v) is 35.1. The largest absolute Gasteiger partial charge is 0.456 e. The van der Waals surface area contributed by atoms with Crippen molar-refractivity contribution in [2.24, 2.45) is 5.92 Å². The first kappa shape index (κ1) is 83.7. The van der Waals surface area contributed by atoms with Crippen LogP contribution in [0.5, 0.6) is 0 Å². The molecule has 0 saturated carbocycles. The Bertz CT molecular complexity index is 9920. The second-order valence-electron chi connectivity index (χ2n) is 38.0. The molecule has 15 heteroatoms. The highest BCUT2D eigenvalue weighted by Crippen LogP contribution is 2.60. The molecule has 140 heavy (non-hydrogen) atoms. The number of benzene rings is 16. The quantitative estimate of drug-likeness (QED) is 0.129. The van der Waals surface area contributed by atoms with Crippen molar-refractivity contribution in [3.63, 3.8) is 0 Å². The zero-order valence-electron chi connectivity index (χ0n) is 77.0. The van der Waals surface area contributed by atoms with E-state index in [1.165, 1.54) is 107 Å². The lowest BCUT2D eigenvalue weighted by atomic mass is 9.71. The van der Waals surface area contributed by atoms with Gasteiger partial charge in [0.25, 0.3) is 0 Å². The zero-order valence-corrected chi connectivity index (χ0v) is 80.2. The monoisotopic (exact) mass is 1880 g/mol. The summed E-state index contributed by atoms with van der Waals surface area (Å²) < 4.78 is 26.3. The van der Waals surface area contributed by atoms with Gasteiger partial charge in [0, 0.05) is 145 Å². The fourth-order valence-corrected chi connectivity index (χ4v) is 27.7. The number of furan rings is 3. The summed E-state index contributed by atoms with van der Waals surface area (Å²) in [6.07, 6.45) is 4.93. The van der Waals surface area contributed by atoms with E-state index in [2.05, 4.69) is 358 Å². The molecule has 0 N–H and O–H groups in total. The fourth-order valence-electron chi connectivity index (χ4n) is 23.3. The van der Waals surface area contributed by atoms with Crippen LogP contribution in [-0.4, -0.2) is 39.9 Å². The summed E-state index contributed by atoms with van der Waals surface area (Å²) in [6.45, 7) is 16.2. The molecule has 30 rings (SSSR count). The van der Waals surface area contributed by atoms with Crippen LogP contribution in [0.2, 0.25) is 0 Å². The van der Waals surface area contributed by atoms with Gasteiger partial charge in [-0.15, -0.1) is 45.3 Å². The topological polar surface area (TPSA) is 143 Å². The van der Waals surface area contributed by atoms with Gasteiger partial charge in [-0.2, -0.15) is 0 Å². The van der Waals surface area contributed by atoms with Crippen molar-refractivity contribution in [3.05, 3.63) is 373 Å². The number of nitrogens with zero attached hydrogens (tertiary/aromatic N) is 8. The van der Waals surface area contributed by atoms with Crippen LogP contribution in [0.1, 0.15) is 109 Å². The molecule has 11 aromatic heterocycles. The molecule has 11 heterocycles. The Balaban J connectivity index is 0.000000105. The molecular weight excluding hydrogens is 1790 g/mol. The minimum Gasteiger partial charge on any atom is -0.456 e. The average molecular weight is 1880 g/mol. The lowest BCUT2D eigenvalue weighted by molar-refractivity contribution is 0.413. The first-order valence-corrected chi connectivity index (χ1v) is 51.1. The van der Waals surface area contributed by atoms with Crippen molar-refractivity contribution in [1.29, 1.82) is 0 Å². The van der Waals surface area contributed by atoms with Crippen LogP contribution < -0.4 is 0 Å². The van der Waals surface area contributed by atoms with Gasteiger partial charge in [-0.25, -0.2) is 39.9 Å². The summed E-state index contributed by atoms with van der Waals surface area (Å²) in [6, 6.07) is 119. The van der Waals surface area contributed by atoms with E-state index in [1.807, 2.05) is 30.5 Å². The van der Waals surface area contributed by atoms with Crippen molar-refractivity contribution in [3.8, 4) is 101 Å². The highest BCUT2D eigenvalue weighted by atomic mass is 32.1. The maximum absolute atomic E-state index is 6.84. The SMILES string of the molecule is C.CC(C)C1(C)c2ccccc2-c2ccc3c(oc4ccc(-c5nc(-c6ncc7ccccc7n6)c6c(n5)sc5ccccc56)cc43)c21.CCC1(C)c2ccccc2-c2ccc3c(oc4cc(-c5nc(-c6ccc7ccccc7c6)c6sc7ccccc7c6n5)ccc43)c21.CCC1(CC)c2ccccc2-c2ccc3c(oc4ccc(-c5nc(-c6cc7ccccc7s6)c6c(n5)sc5ccccc56)cc43)c21. The van der Waals surface area contributed by atoms with E-state index in [9.17, 15) is 0 Å². The summed E-state index contributed by atoms with van der Waals surface area (Å²) in [5.74, 6) is 3.08. The van der Waals surface area contributed by atoms with E-state index in [0.29, 0.717) is 23.4 Å². The third-order valence-electron chi connectivity index (χ3n) is 30.7. The highest BCUT2D eigenvalue weighted by molar-refractivity contribution is 7.27. The second kappa shape index (κ2) is 31.7. The van der Waals surface area contributed by atoms with Gasteiger partial charge < -0.3 is 13.3 Å². The minimum absolute atomic E-state index is 0. The Hall–Kier alpha value is -15.6. The van der Waals surface area contributed by atoms with Crippen LogP contribution in [-0.2, 0) is 16.2 Å². The number of thiophene rings is 4.